The fourth-order valence-electron chi connectivity index (χ4n) is 6.54. The van der Waals surface area contributed by atoms with Crippen molar-refractivity contribution < 1.29 is 20.4 Å². The average Bonchev–Trinajstić information content (AvgIpc) is 3.34. The predicted molar refractivity (Wildman–Crippen MR) is 261 cm³/mol. The molecule has 60 heavy (non-hydrogen) atoms. The fourth-order valence-corrected chi connectivity index (χ4v) is 13.5. The monoisotopic (exact) mass is 1000 g/mol. The largest absolute Gasteiger partial charge is 0.120 e. The molecule has 0 saturated heterocycles. The zero-order chi connectivity index (χ0) is 40.7. The van der Waals surface area contributed by atoms with Crippen molar-refractivity contribution >= 4 is 71.5 Å². The number of hydrogen-bond donors (Lipinski definition) is 0. The molecule has 0 aliphatic rings. The van der Waals surface area contributed by atoms with Gasteiger partial charge in [0.2, 0.25) is 0 Å². The van der Waals surface area contributed by atoms with Crippen molar-refractivity contribution in [3.63, 3.8) is 0 Å². The van der Waals surface area contributed by atoms with Gasteiger partial charge in [-0.15, -0.1) is 4.91 Å². The first-order valence-electron chi connectivity index (χ1n) is 19.4. The Kier molecular flexibility index (Phi) is 19.7. The maximum absolute atomic E-state index is 7.25. The Morgan fingerprint density at radius 1 is 0.183 bits per heavy atom. The van der Waals surface area contributed by atoms with Crippen LogP contribution in [-0.2, 0) is 20.4 Å². The van der Waals surface area contributed by atoms with Gasteiger partial charge in [-0.25, -0.2) is 0 Å². The van der Waals surface area contributed by atoms with Gasteiger partial charge in [-0.05, 0) is 71.5 Å². The van der Waals surface area contributed by atoms with Crippen LogP contribution in [0.2, 0.25) is 0 Å². The van der Waals surface area contributed by atoms with Crippen molar-refractivity contribution in [2.45, 2.75) is 0 Å². The second-order valence-electron chi connectivity index (χ2n) is 13.0. The number of benzene rings is 9. The first kappa shape index (κ1) is 45.6. The Morgan fingerprint density at radius 2 is 0.267 bits per heavy atom. The molecule has 0 aromatic heterocycles. The molecule has 9 aromatic carbocycles. The van der Waals surface area contributed by atoms with Crippen LogP contribution in [0.25, 0.3) is 0 Å². The number of nitroso groups, excluding NO2 is 1. The van der Waals surface area contributed by atoms with Crippen LogP contribution in [0.5, 0.6) is 0 Å². The Balaban J connectivity index is 0.000000166. The molecule has 0 spiro atoms. The number of rotatable bonds is 9. The van der Waals surface area contributed by atoms with E-state index in [4.69, 9.17) is 10.5 Å². The summed E-state index contributed by atoms with van der Waals surface area (Å²) in [5.74, 6) is 0. The second-order valence-corrected chi connectivity index (χ2v) is 19.7. The van der Waals surface area contributed by atoms with Crippen molar-refractivity contribution in [1.82, 2.24) is 5.59 Å². The fraction of sp³-hybridized carbons (Fsp3) is 0. The summed E-state index contributed by atoms with van der Waals surface area (Å²) in [6, 6.07) is 97.0. The molecule has 9 aromatic rings. The van der Waals surface area contributed by atoms with E-state index in [9.17, 15) is 0 Å². The van der Waals surface area contributed by atoms with Crippen LogP contribution < -0.4 is 53.3 Å². The van der Waals surface area contributed by atoms with E-state index in [-0.39, 0.29) is 20.4 Å². The number of nitrogens with zero attached hydrogens (tertiary/aromatic N) is 1. The number of hydrogen-bond acceptors (Lipinski definition) is 1. The molecule has 0 bridgehead atoms. The molecule has 294 valence electrons. The summed E-state index contributed by atoms with van der Waals surface area (Å²) in [5.41, 5.74) is 5.75. The van der Waals surface area contributed by atoms with Crippen LogP contribution in [0.4, 0.5) is 0 Å². The van der Waals surface area contributed by atoms with E-state index in [1.807, 2.05) is 0 Å². The molecule has 0 atom stereocenters. The topological polar surface area (TPSA) is 39.4 Å². The van der Waals surface area contributed by atoms with Crippen molar-refractivity contribution in [3.05, 3.63) is 278 Å². The Morgan fingerprint density at radius 3 is 0.350 bits per heavy atom. The molecule has 0 aliphatic carbocycles. The van der Waals surface area contributed by atoms with Gasteiger partial charge in [0.25, 0.3) is 0 Å². The van der Waals surface area contributed by atoms with Gasteiger partial charge >= 0.3 is 0 Å². The zero-order valence-corrected chi connectivity index (χ0v) is 38.5. The van der Waals surface area contributed by atoms with E-state index < -0.39 is 23.8 Å². The first-order valence-corrected chi connectivity index (χ1v) is 23.4. The summed E-state index contributed by atoms with van der Waals surface area (Å²) >= 11 is 0. The third-order valence-corrected chi connectivity index (χ3v) is 16.5. The molecular weight excluding hydrogens is 958 g/mol. The Labute approximate surface area is 373 Å². The van der Waals surface area contributed by atoms with Crippen molar-refractivity contribution in [3.8, 4) is 0 Å². The smallest absolute Gasteiger partial charge is 0.120 e. The van der Waals surface area contributed by atoms with Crippen LogP contribution >= 0.6 is 23.8 Å². The van der Waals surface area contributed by atoms with E-state index in [2.05, 4.69) is 273 Å². The summed E-state index contributed by atoms with van der Waals surface area (Å²) in [5, 5.41) is 12.6. The van der Waals surface area contributed by atoms with Gasteiger partial charge in [-0.3, -0.25) is 0 Å². The van der Waals surface area contributed by atoms with Gasteiger partial charge in [-0.1, -0.05) is 273 Å². The summed E-state index contributed by atoms with van der Waals surface area (Å²) in [6.45, 7) is 0. The Hall–Kier alpha value is -5.47. The summed E-state index contributed by atoms with van der Waals surface area (Å²) in [4.78, 5) is 7.25. The minimum Gasteiger partial charge on any atom is -0.120 e. The minimum atomic E-state index is -0.446. The minimum absolute atomic E-state index is 0. The molecule has 0 saturated carbocycles. The molecule has 6 heteroatoms. The van der Waals surface area contributed by atoms with Crippen LogP contribution in [0.15, 0.2) is 273 Å². The molecule has 9 rings (SSSR count). The Bertz CT molecular complexity index is 1890. The van der Waals surface area contributed by atoms with Crippen LogP contribution in [0.1, 0.15) is 0 Å². The first-order chi connectivity index (χ1) is 29.3. The van der Waals surface area contributed by atoms with Gasteiger partial charge in [0.1, 0.15) is 5.59 Å². The van der Waals surface area contributed by atoms with E-state index in [0.29, 0.717) is 0 Å². The van der Waals surface area contributed by atoms with Crippen LogP contribution in [0, 0.1) is 4.91 Å². The van der Waals surface area contributed by atoms with Crippen molar-refractivity contribution in [2.24, 2.45) is 0 Å². The molecule has 0 aliphatic heterocycles. The molecule has 0 N–H and O–H groups in total. The van der Waals surface area contributed by atoms with E-state index in [1.54, 1.807) is 0 Å². The van der Waals surface area contributed by atoms with Crippen LogP contribution in [0.3, 0.4) is 0 Å². The van der Waals surface area contributed by atoms with E-state index in [1.165, 1.54) is 47.7 Å². The SMILES string of the molecule is [N]=O.[Re].c1ccc(P(c2ccccc2)c2ccccc2)cc1.c1ccc(P(c2ccccc2)c2ccccc2)cc1.c1ccc(P(c2ccccc2)c2ccccc2)cc1. The maximum atomic E-state index is 7.25. The van der Waals surface area contributed by atoms with Crippen molar-refractivity contribution in [1.29, 1.82) is 0 Å². The summed E-state index contributed by atoms with van der Waals surface area (Å²) < 4.78 is 0. The summed E-state index contributed by atoms with van der Waals surface area (Å²) in [7, 11) is -1.34. The third-order valence-electron chi connectivity index (χ3n) is 9.13. The molecule has 0 fully saturated rings. The molecular formula is C54H45NOP3Re. The van der Waals surface area contributed by atoms with Crippen LogP contribution in [-0.4, -0.2) is 0 Å². The second kappa shape index (κ2) is 25.9. The van der Waals surface area contributed by atoms with Gasteiger partial charge in [0.15, 0.2) is 0 Å². The third kappa shape index (κ3) is 13.3. The van der Waals surface area contributed by atoms with Gasteiger partial charge < -0.3 is 0 Å². The molecule has 2 radical (unpaired) electrons. The van der Waals surface area contributed by atoms with E-state index in [0.717, 1.165) is 0 Å². The average molecular weight is 1000 g/mol. The standard InChI is InChI=1S/3C18H15P.NO.Re/c3*1-4-10-16(11-5-1)19(17-12-6-2-7-13-17)18-14-8-3-9-15-18;1-2;/h3*1-15H;;. The molecule has 0 heterocycles. The molecule has 0 amide bonds. The maximum Gasteiger partial charge on any atom is 0.120 e. The zero-order valence-electron chi connectivity index (χ0n) is 33.1. The van der Waals surface area contributed by atoms with Crippen molar-refractivity contribution in [2.75, 3.05) is 0 Å². The van der Waals surface area contributed by atoms with Gasteiger partial charge in [0.05, 0.1) is 0 Å². The molecule has 2 nitrogen and oxygen atoms in total. The molecule has 0 unspecified atom stereocenters. The summed E-state index contributed by atoms with van der Waals surface area (Å²) in [6.07, 6.45) is 0. The normalized spacial score (nSPS) is 10.1. The van der Waals surface area contributed by atoms with Gasteiger partial charge in [-0.2, -0.15) is 0 Å². The van der Waals surface area contributed by atoms with Gasteiger partial charge in [0, 0.05) is 20.4 Å². The van der Waals surface area contributed by atoms with E-state index >= 15 is 0 Å². The quantitative estimate of drug-likeness (QED) is 0.133. The predicted octanol–water partition coefficient (Wildman–Crippen LogP) is 9.88.